The third-order valence-corrected chi connectivity index (χ3v) is 7.75. The third-order valence-electron chi connectivity index (χ3n) is 1.36. The van der Waals surface area contributed by atoms with E-state index in [2.05, 4.69) is 28.5 Å². The van der Waals surface area contributed by atoms with E-state index in [-0.39, 0.29) is 19.9 Å². The zero-order valence-corrected chi connectivity index (χ0v) is 10.1. The molecular weight excluding hydrogens is 224 g/mol. The second-order valence-corrected chi connectivity index (χ2v) is 6.96. The quantitative estimate of drug-likeness (QED) is 0.704. The van der Waals surface area contributed by atoms with E-state index in [0.717, 1.165) is 16.9 Å². The summed E-state index contributed by atoms with van der Waals surface area (Å²) < 4.78 is 0. The van der Waals surface area contributed by atoms with Crippen LogP contribution in [0.4, 0.5) is 0 Å². The fraction of sp³-hybridized carbons (Fsp3) is 0.833. The average Bonchev–Trinajstić information content (AvgIpc) is 2.33. The van der Waals surface area contributed by atoms with Gasteiger partial charge >= 0.3 is 0 Å². The molecule has 1 aliphatic rings. The van der Waals surface area contributed by atoms with Crippen molar-refractivity contribution >= 4 is 40.6 Å². The van der Waals surface area contributed by atoms with Crippen LogP contribution in [0.25, 0.3) is 0 Å². The van der Waals surface area contributed by atoms with Gasteiger partial charge in [0.05, 0.1) is 5.02 Å². The van der Waals surface area contributed by atoms with Crippen LogP contribution in [0.15, 0.2) is 4.99 Å². The van der Waals surface area contributed by atoms with Gasteiger partial charge in [0.1, 0.15) is 5.58 Å². The molecule has 0 spiro atoms. The largest absolute Gasteiger partial charge is 0.358 e. The molecule has 1 heterocycles. The molecule has 1 fully saturated rings. The van der Waals surface area contributed by atoms with Gasteiger partial charge < -0.3 is 5.32 Å². The van der Waals surface area contributed by atoms with Crippen LogP contribution in [0.1, 0.15) is 14.9 Å². The van der Waals surface area contributed by atoms with Crippen LogP contribution in [-0.2, 0) is 0 Å². The zero-order valence-electron chi connectivity index (χ0n) is 5.81. The van der Waals surface area contributed by atoms with Crippen molar-refractivity contribution in [2.75, 3.05) is 13.2 Å². The van der Waals surface area contributed by atoms with Gasteiger partial charge in [-0.2, -0.15) is 0 Å². The molecule has 1 saturated heterocycles. The molecule has 2 nitrogen and oxygen atoms in total. The lowest BCUT2D eigenvalue weighted by Gasteiger charge is -2.20. The Kier molecular flexibility index (Phi) is 8.63. The van der Waals surface area contributed by atoms with Gasteiger partial charge in [-0.05, 0) is 8.58 Å². The van der Waals surface area contributed by atoms with E-state index >= 15 is 0 Å². The highest BCUT2D eigenvalue weighted by Crippen LogP contribution is 2.48. The van der Waals surface area contributed by atoms with Crippen molar-refractivity contribution in [2.24, 2.45) is 4.99 Å². The number of aliphatic imine (C=N–C) groups is 1. The maximum atomic E-state index is 4.13. The average molecular weight is 244 g/mol. The highest BCUT2D eigenvalue weighted by atomic mass is 32.0. The van der Waals surface area contributed by atoms with Crippen LogP contribution >= 0.6 is 35.0 Å². The third kappa shape index (κ3) is 3.93. The summed E-state index contributed by atoms with van der Waals surface area (Å²) >= 11 is 0. The van der Waals surface area contributed by atoms with Gasteiger partial charge in [0.2, 0.25) is 0 Å². The molecule has 0 bridgehead atoms. The predicted molar refractivity (Wildman–Crippen MR) is 73.6 cm³/mol. The van der Waals surface area contributed by atoms with E-state index in [1.807, 2.05) is 7.05 Å². The Morgan fingerprint density at radius 2 is 2.25 bits per heavy atom. The molecule has 1 rings (SSSR count). The van der Waals surface area contributed by atoms with Gasteiger partial charge in [-0.25, -0.2) is 0 Å². The van der Waals surface area contributed by atoms with E-state index in [1.54, 1.807) is 0 Å². The van der Waals surface area contributed by atoms with Crippen LogP contribution in [0.2, 0.25) is 0 Å². The summed E-state index contributed by atoms with van der Waals surface area (Å²) in [4.78, 5) is 4.13. The molecular formula is C6H20N2P4. The summed E-state index contributed by atoms with van der Waals surface area (Å²) in [5, 5.41) is 3.63. The number of amidine groups is 1. The molecule has 0 aromatic carbocycles. The fourth-order valence-corrected chi connectivity index (χ4v) is 4.46. The highest BCUT2D eigenvalue weighted by Gasteiger charge is 2.29. The van der Waals surface area contributed by atoms with E-state index in [9.17, 15) is 0 Å². The number of hydrogen-bond donors (Lipinski definition) is 1. The Morgan fingerprint density at radius 1 is 1.67 bits per heavy atom. The summed E-state index contributed by atoms with van der Waals surface area (Å²) in [6.45, 7) is 0. The summed E-state index contributed by atoms with van der Waals surface area (Å²) in [6.07, 6.45) is 1.21. The lowest BCUT2D eigenvalue weighted by atomic mass is 10.7. The molecule has 0 aromatic rings. The first-order valence-electron chi connectivity index (χ1n) is 2.96. The molecule has 0 aliphatic carbocycles. The van der Waals surface area contributed by atoms with Gasteiger partial charge in [-0.3, -0.25) is 4.99 Å². The summed E-state index contributed by atoms with van der Waals surface area (Å²) in [5.74, 6) is 0. The number of nitrogens with zero attached hydrogens (tertiary/aromatic N) is 1. The van der Waals surface area contributed by atoms with Gasteiger partial charge in [0.25, 0.3) is 0 Å². The van der Waals surface area contributed by atoms with Crippen LogP contribution in [0.5, 0.6) is 0 Å². The van der Waals surface area contributed by atoms with Crippen molar-refractivity contribution < 1.29 is 0 Å². The van der Waals surface area contributed by atoms with Gasteiger partial charge in [-0.15, -0.1) is 18.2 Å². The number of nitrogens with one attached hydrogen (secondary N) is 1. The molecule has 5 atom stereocenters. The van der Waals surface area contributed by atoms with Crippen molar-refractivity contribution in [2.45, 2.75) is 19.9 Å². The first-order valence-corrected chi connectivity index (χ1v) is 7.55. The van der Waals surface area contributed by atoms with Crippen molar-refractivity contribution in [3.05, 3.63) is 0 Å². The second-order valence-electron chi connectivity index (χ2n) is 2.17. The lowest BCUT2D eigenvalue weighted by Crippen LogP contribution is -2.31. The molecule has 1 aliphatic heterocycles. The molecule has 4 unspecified atom stereocenters. The Labute approximate surface area is 84.4 Å². The summed E-state index contributed by atoms with van der Waals surface area (Å²) in [7, 11) is 9.21. The Balaban J connectivity index is 0. The predicted octanol–water partition coefficient (Wildman–Crippen LogP) is 2.52. The maximum absolute atomic E-state index is 4.13. The van der Waals surface area contributed by atoms with Crippen molar-refractivity contribution in [1.29, 1.82) is 0 Å². The molecule has 1 N–H and O–H groups in total. The minimum Gasteiger partial charge on any atom is -0.358 e. The van der Waals surface area contributed by atoms with Crippen LogP contribution < -0.4 is 5.32 Å². The molecule has 12 heavy (non-hydrogen) atoms. The Morgan fingerprint density at radius 3 is 2.50 bits per heavy atom. The van der Waals surface area contributed by atoms with E-state index in [1.165, 1.54) is 11.7 Å². The topological polar surface area (TPSA) is 24.4 Å². The zero-order chi connectivity index (χ0) is 7.61. The Hall–Kier alpha value is 1.19. The van der Waals surface area contributed by atoms with Crippen LogP contribution in [0.3, 0.4) is 0 Å². The summed E-state index contributed by atoms with van der Waals surface area (Å²) in [5.41, 5.74) is 1.17. The lowest BCUT2D eigenvalue weighted by molar-refractivity contribution is 0.875. The standard InChI is InChI=1S/C4H12N2P4.2CH4/c1-5-3-6-4(7,10-8)2-9-3;;/h9-10H,2,7-8H2,1H3,(H,5,6);2*1H4/t4-;;/m1../s1. The van der Waals surface area contributed by atoms with E-state index in [0.29, 0.717) is 0 Å². The molecule has 74 valence electrons. The Bertz CT molecular complexity index is 162. The van der Waals surface area contributed by atoms with Gasteiger partial charge in [-0.1, -0.05) is 23.1 Å². The minimum atomic E-state index is 0. The van der Waals surface area contributed by atoms with Crippen molar-refractivity contribution in [1.82, 2.24) is 5.32 Å². The van der Waals surface area contributed by atoms with Crippen LogP contribution in [-0.4, -0.2) is 23.8 Å². The molecule has 0 radical (unpaired) electrons. The smallest absolute Gasteiger partial charge is 0.117 e. The van der Waals surface area contributed by atoms with Gasteiger partial charge in [0, 0.05) is 13.2 Å². The molecule has 0 saturated carbocycles. The normalized spacial score (nSPS) is 33.4. The molecule has 0 amide bonds. The highest BCUT2D eigenvalue weighted by molar-refractivity contribution is 8.06. The number of hydrogen-bond acceptors (Lipinski definition) is 1. The first kappa shape index (κ1) is 15.7. The van der Waals surface area contributed by atoms with E-state index in [4.69, 9.17) is 0 Å². The van der Waals surface area contributed by atoms with Crippen molar-refractivity contribution in [3.8, 4) is 0 Å². The van der Waals surface area contributed by atoms with Crippen molar-refractivity contribution in [3.63, 3.8) is 0 Å². The second kappa shape index (κ2) is 6.62. The van der Waals surface area contributed by atoms with Gasteiger partial charge in [0.15, 0.2) is 0 Å². The monoisotopic (exact) mass is 244 g/mol. The molecule has 0 aromatic heterocycles. The minimum absolute atomic E-state index is 0. The SMILES string of the molecule is C.C.CN=C1N[C@](P)(PP)CP1. The number of rotatable bonds is 1. The van der Waals surface area contributed by atoms with Crippen LogP contribution in [0, 0.1) is 0 Å². The molecule has 6 heteroatoms. The van der Waals surface area contributed by atoms with E-state index < -0.39 is 0 Å². The summed E-state index contributed by atoms with van der Waals surface area (Å²) in [6, 6.07) is 0. The first-order chi connectivity index (χ1) is 4.70. The fourth-order valence-electron chi connectivity index (χ4n) is 0.745. The maximum Gasteiger partial charge on any atom is 0.117 e.